The highest BCUT2D eigenvalue weighted by molar-refractivity contribution is 7.91. The topological polar surface area (TPSA) is 195 Å². The van der Waals surface area contributed by atoms with Crippen molar-refractivity contribution in [3.63, 3.8) is 0 Å². The van der Waals surface area contributed by atoms with Crippen LogP contribution >= 0.6 is 11.6 Å². The van der Waals surface area contributed by atoms with Crippen LogP contribution in [-0.4, -0.2) is 101 Å². The van der Waals surface area contributed by atoms with Crippen LogP contribution in [0.5, 0.6) is 11.6 Å². The summed E-state index contributed by atoms with van der Waals surface area (Å²) in [5.41, 5.74) is -3.78. The molecule has 1 aromatic carbocycles. The lowest BCUT2D eigenvalue weighted by Gasteiger charge is -2.35. The van der Waals surface area contributed by atoms with Gasteiger partial charge in [-0.25, -0.2) is 23.2 Å². The summed E-state index contributed by atoms with van der Waals surface area (Å²) in [5, 5.41) is 5.06. The number of carbonyl (C=O) groups excluding carboxylic acids is 4. The van der Waals surface area contributed by atoms with Crippen molar-refractivity contribution in [1.29, 1.82) is 0 Å². The summed E-state index contributed by atoms with van der Waals surface area (Å²) in [4.78, 5) is 66.5. The number of benzene rings is 1. The second kappa shape index (κ2) is 16.2. The number of carbonyl (C=O) groups is 4. The molecule has 3 N–H and O–H groups in total. The van der Waals surface area contributed by atoms with Crippen molar-refractivity contribution in [3.05, 3.63) is 35.5 Å². The van der Waals surface area contributed by atoms with Gasteiger partial charge >= 0.3 is 12.3 Å². The predicted molar refractivity (Wildman–Crippen MR) is 209 cm³/mol. The minimum absolute atomic E-state index is 0.0522. The molecule has 2 aromatic rings. The molecule has 0 radical (unpaired) electrons. The van der Waals surface area contributed by atoms with Crippen LogP contribution < -0.4 is 24.8 Å². The summed E-state index contributed by atoms with van der Waals surface area (Å²) >= 11 is 6.49. The van der Waals surface area contributed by atoms with Gasteiger partial charge in [0.05, 0.1) is 29.4 Å². The Morgan fingerprint density at radius 2 is 1.83 bits per heavy atom. The number of methoxy groups -OCH3 is 1. The molecule has 6 rings (SSSR count). The number of halogens is 4. The fraction of sp³-hybridized carbons (Fsp3) is 0.641. The standard InChI is InChI=1S/C39H50ClF3N6O9S/c1-7-22-16-21(2)10-8-9-11-23-19-38(23,34(52)48-59(54,55)37(5)14-15-37)47-31(50)28-18-25(57-32-30(40)44-26-13-12-24(56-6)17-27(26)45-32)20-49(28)33(51)29(22)46-35(53)58-36(3,4)39(41,42)43/h9,11-13,17,21-23,25,28-29H,7-8,10,14-16,18-20H2,1-6H3,(H,46,53)(H,47,50)(H,48,52)/b11-9-/t21-,22-,23-,25?,28+,29+,38-/m1/s1. The Morgan fingerprint density at radius 1 is 1.12 bits per heavy atom. The Morgan fingerprint density at radius 3 is 2.47 bits per heavy atom. The van der Waals surface area contributed by atoms with Crippen LogP contribution in [0.25, 0.3) is 11.0 Å². The van der Waals surface area contributed by atoms with Crippen molar-refractivity contribution in [3.8, 4) is 11.6 Å². The molecule has 4 aliphatic rings. The highest BCUT2D eigenvalue weighted by Crippen LogP contribution is 2.48. The van der Waals surface area contributed by atoms with Gasteiger partial charge in [-0.3, -0.25) is 19.1 Å². The molecule has 20 heteroatoms. The summed E-state index contributed by atoms with van der Waals surface area (Å²) < 4.78 is 85.1. The molecule has 4 amide bonds. The van der Waals surface area contributed by atoms with E-state index in [4.69, 9.17) is 25.8 Å². The lowest BCUT2D eigenvalue weighted by molar-refractivity contribution is -0.244. The first-order valence-electron chi connectivity index (χ1n) is 19.6. The molecule has 324 valence electrons. The minimum Gasteiger partial charge on any atom is -0.497 e. The number of amides is 4. The van der Waals surface area contributed by atoms with E-state index in [0.717, 1.165) is 4.90 Å². The Kier molecular flexibility index (Phi) is 12.2. The van der Waals surface area contributed by atoms with Crippen LogP contribution in [0.3, 0.4) is 0 Å². The third kappa shape index (κ3) is 9.20. The molecule has 59 heavy (non-hydrogen) atoms. The van der Waals surface area contributed by atoms with E-state index in [1.165, 1.54) is 14.0 Å². The van der Waals surface area contributed by atoms with Gasteiger partial charge < -0.3 is 29.7 Å². The number of rotatable bonds is 9. The average Bonchev–Trinajstić information content (AvgIpc) is 4.03. The van der Waals surface area contributed by atoms with Crippen molar-refractivity contribution in [1.82, 2.24) is 30.2 Å². The molecule has 1 unspecified atom stereocenters. The van der Waals surface area contributed by atoms with E-state index < -0.39 is 85.9 Å². The van der Waals surface area contributed by atoms with Crippen LogP contribution in [0.4, 0.5) is 18.0 Å². The number of alkyl halides is 3. The predicted octanol–water partition coefficient (Wildman–Crippen LogP) is 5.35. The molecule has 1 aromatic heterocycles. The van der Waals surface area contributed by atoms with Gasteiger partial charge in [-0.1, -0.05) is 44.0 Å². The van der Waals surface area contributed by atoms with E-state index in [9.17, 15) is 40.8 Å². The second-order valence-corrected chi connectivity index (χ2v) is 19.4. The van der Waals surface area contributed by atoms with E-state index in [2.05, 4.69) is 25.3 Å². The van der Waals surface area contributed by atoms with E-state index >= 15 is 0 Å². The molecule has 2 saturated carbocycles. The first kappa shape index (κ1) is 44.2. The van der Waals surface area contributed by atoms with Crippen molar-refractivity contribution < 1.29 is 55.0 Å². The van der Waals surface area contributed by atoms with Gasteiger partial charge in [-0.15, -0.1) is 0 Å². The normalized spacial score (nSPS) is 29.2. The Hall–Kier alpha value is -4.39. The average molecular weight is 871 g/mol. The van der Waals surface area contributed by atoms with Gasteiger partial charge in [0.15, 0.2) is 5.15 Å². The second-order valence-electron chi connectivity index (χ2n) is 16.8. The van der Waals surface area contributed by atoms with Gasteiger partial charge in [0.25, 0.3) is 11.8 Å². The zero-order valence-corrected chi connectivity index (χ0v) is 35.2. The van der Waals surface area contributed by atoms with E-state index in [-0.39, 0.29) is 36.3 Å². The number of hydrogen-bond acceptors (Lipinski definition) is 11. The Balaban J connectivity index is 1.37. The number of fused-ring (bicyclic) bond motifs is 3. The summed E-state index contributed by atoms with van der Waals surface area (Å²) in [6.45, 7) is 6.33. The maximum Gasteiger partial charge on any atom is 0.427 e. The maximum atomic E-state index is 14.9. The number of alkyl carbamates (subject to hydrolysis) is 1. The minimum atomic E-state index is -4.93. The molecule has 0 bridgehead atoms. The van der Waals surface area contributed by atoms with Crippen LogP contribution in [-0.2, 0) is 29.1 Å². The first-order chi connectivity index (χ1) is 27.5. The van der Waals surface area contributed by atoms with Gasteiger partial charge in [0.1, 0.15) is 29.5 Å². The molecule has 3 fully saturated rings. The fourth-order valence-corrected chi connectivity index (χ4v) is 9.11. The van der Waals surface area contributed by atoms with Crippen LogP contribution in [0, 0.1) is 17.8 Å². The third-order valence-electron chi connectivity index (χ3n) is 12.0. The molecular weight excluding hydrogens is 821 g/mol. The molecule has 0 spiro atoms. The largest absolute Gasteiger partial charge is 0.497 e. The van der Waals surface area contributed by atoms with Gasteiger partial charge in [0.2, 0.25) is 27.4 Å². The van der Waals surface area contributed by atoms with Crippen LogP contribution in [0.15, 0.2) is 30.4 Å². The number of nitrogens with zero attached hydrogens (tertiary/aromatic N) is 3. The lowest BCUT2D eigenvalue weighted by atomic mass is 9.85. The van der Waals surface area contributed by atoms with Crippen molar-refractivity contribution >= 4 is 56.5 Å². The van der Waals surface area contributed by atoms with E-state index in [0.29, 0.717) is 69.2 Å². The molecule has 15 nitrogen and oxygen atoms in total. The van der Waals surface area contributed by atoms with Crippen molar-refractivity contribution in [2.45, 2.75) is 126 Å². The van der Waals surface area contributed by atoms with Crippen LogP contribution in [0.1, 0.15) is 86.0 Å². The smallest absolute Gasteiger partial charge is 0.427 e. The molecule has 7 atom stereocenters. The third-order valence-corrected chi connectivity index (χ3v) is 14.4. The number of allylic oxidation sites excluding steroid dienone is 1. The number of sulfonamides is 1. The van der Waals surface area contributed by atoms with E-state index in [1.807, 2.05) is 13.0 Å². The summed E-state index contributed by atoms with van der Waals surface area (Å²) in [7, 11) is -2.62. The summed E-state index contributed by atoms with van der Waals surface area (Å²) in [6, 6.07) is 2.09. The quantitative estimate of drug-likeness (QED) is 0.275. The Labute approximate surface area is 345 Å². The molecule has 2 aliphatic heterocycles. The number of hydrogen-bond donors (Lipinski definition) is 3. The number of ether oxygens (including phenoxy) is 3. The van der Waals surface area contributed by atoms with Gasteiger partial charge in [-0.05, 0) is 83.3 Å². The maximum absolute atomic E-state index is 14.9. The van der Waals surface area contributed by atoms with E-state index in [1.54, 1.807) is 31.2 Å². The molecule has 1 saturated heterocycles. The lowest BCUT2D eigenvalue weighted by Crippen LogP contribution is -2.60. The van der Waals surface area contributed by atoms with Crippen molar-refractivity contribution in [2.24, 2.45) is 17.8 Å². The van der Waals surface area contributed by atoms with Gasteiger partial charge in [0, 0.05) is 18.4 Å². The van der Waals surface area contributed by atoms with Crippen LogP contribution in [0.2, 0.25) is 5.15 Å². The molecule has 3 heterocycles. The monoisotopic (exact) mass is 870 g/mol. The fourth-order valence-electron chi connectivity index (χ4n) is 7.62. The summed E-state index contributed by atoms with van der Waals surface area (Å²) in [5.74, 6) is -3.42. The van der Waals surface area contributed by atoms with Gasteiger partial charge in [-0.2, -0.15) is 13.2 Å². The zero-order chi connectivity index (χ0) is 43.3. The highest BCUT2D eigenvalue weighted by Gasteiger charge is 2.63. The highest BCUT2D eigenvalue weighted by atomic mass is 35.5. The van der Waals surface area contributed by atoms with Crippen molar-refractivity contribution in [2.75, 3.05) is 13.7 Å². The SMILES string of the molecule is CC[C@@H]1C[C@H](C)CC/C=C\[C@@H]2C[C@@]2(C(=O)NS(=O)(=O)C2(C)CC2)NC(=O)[C@@H]2CC(Oc3nc4cc(OC)ccc4nc3Cl)CN2C(=O)[C@H]1NC(=O)OC(C)(C)C(F)(F)F. The molecular formula is C39H50ClF3N6O9S. The summed E-state index contributed by atoms with van der Waals surface area (Å²) in [6.07, 6.45) is -1.32. The Bertz CT molecular complexity index is 2140. The number of aromatic nitrogens is 2. The number of nitrogens with one attached hydrogen (secondary N) is 3. The molecule has 2 aliphatic carbocycles. The first-order valence-corrected chi connectivity index (χ1v) is 21.5. The zero-order valence-electron chi connectivity index (χ0n) is 33.7.